The summed E-state index contributed by atoms with van der Waals surface area (Å²) in [6.45, 7) is 1.52. The highest BCUT2D eigenvalue weighted by Crippen LogP contribution is 2.43. The van der Waals surface area contributed by atoms with Gasteiger partial charge in [-0.15, -0.1) is 11.3 Å². The maximum absolute atomic E-state index is 12.3. The summed E-state index contributed by atoms with van der Waals surface area (Å²) in [5, 5.41) is 9.05. The molecule has 1 saturated heterocycles. The summed E-state index contributed by atoms with van der Waals surface area (Å²) < 4.78 is 5.33. The van der Waals surface area contributed by atoms with Crippen molar-refractivity contribution in [3.63, 3.8) is 0 Å². The smallest absolute Gasteiger partial charge is 0.261 e. The molecule has 120 valence electrons. The highest BCUT2D eigenvalue weighted by atomic mass is 32.1. The van der Waals surface area contributed by atoms with Crippen LogP contribution in [0.25, 0.3) is 0 Å². The molecular formula is C17H24N2O2S. The lowest BCUT2D eigenvalue weighted by atomic mass is 9.93. The molecule has 1 aromatic heterocycles. The van der Waals surface area contributed by atoms with Crippen molar-refractivity contribution in [1.82, 2.24) is 10.6 Å². The van der Waals surface area contributed by atoms with Crippen LogP contribution in [0.15, 0.2) is 11.4 Å². The third-order valence-corrected chi connectivity index (χ3v) is 6.12. The molecule has 1 aliphatic heterocycles. The quantitative estimate of drug-likeness (QED) is 0.877. The Morgan fingerprint density at radius 3 is 2.73 bits per heavy atom. The van der Waals surface area contributed by atoms with Gasteiger partial charge in [-0.05, 0) is 49.1 Å². The van der Waals surface area contributed by atoms with Gasteiger partial charge in [-0.25, -0.2) is 0 Å². The molecule has 22 heavy (non-hydrogen) atoms. The second-order valence-electron chi connectivity index (χ2n) is 6.85. The number of ether oxygens (including phenoxy) is 1. The maximum Gasteiger partial charge on any atom is 0.261 e. The van der Waals surface area contributed by atoms with Crippen LogP contribution in [0.2, 0.25) is 0 Å². The average molecular weight is 320 g/mol. The average Bonchev–Trinajstić information content (AvgIpc) is 3.08. The van der Waals surface area contributed by atoms with E-state index in [1.807, 2.05) is 0 Å². The zero-order valence-corrected chi connectivity index (χ0v) is 13.7. The standard InChI is InChI=1S/C17H24N2O2S/c20-17(19-13-4-6-21-7-5-13)16-8-11(10-22-16)14-9-15(14)18-12-2-1-3-12/h8,10,12-15,18H,1-7,9H2,(H,19,20)/t14-,15?/m0/s1. The molecule has 3 aliphatic rings. The largest absolute Gasteiger partial charge is 0.381 e. The molecule has 0 aromatic carbocycles. The van der Waals surface area contributed by atoms with E-state index in [0.717, 1.165) is 37.0 Å². The Morgan fingerprint density at radius 1 is 1.18 bits per heavy atom. The fourth-order valence-corrected chi connectivity index (χ4v) is 4.26. The minimum atomic E-state index is 0.0901. The highest BCUT2D eigenvalue weighted by Gasteiger charge is 2.40. The topological polar surface area (TPSA) is 50.4 Å². The number of nitrogens with one attached hydrogen (secondary N) is 2. The monoisotopic (exact) mass is 320 g/mol. The highest BCUT2D eigenvalue weighted by molar-refractivity contribution is 7.12. The molecule has 4 rings (SSSR count). The summed E-state index contributed by atoms with van der Waals surface area (Å²) in [6.07, 6.45) is 7.15. The molecular weight excluding hydrogens is 296 g/mol. The van der Waals surface area contributed by atoms with E-state index in [9.17, 15) is 4.79 Å². The molecule has 1 aromatic rings. The van der Waals surface area contributed by atoms with Crippen molar-refractivity contribution < 1.29 is 9.53 Å². The lowest BCUT2D eigenvalue weighted by Gasteiger charge is -2.26. The summed E-state index contributed by atoms with van der Waals surface area (Å²) in [4.78, 5) is 13.2. The Labute approximate surface area is 135 Å². The van der Waals surface area contributed by atoms with Crippen molar-refractivity contribution in [2.24, 2.45) is 0 Å². The van der Waals surface area contributed by atoms with Gasteiger partial charge in [0.1, 0.15) is 0 Å². The van der Waals surface area contributed by atoms with Crippen LogP contribution in [-0.2, 0) is 4.74 Å². The predicted molar refractivity (Wildman–Crippen MR) is 87.5 cm³/mol. The van der Waals surface area contributed by atoms with Crippen LogP contribution in [0.4, 0.5) is 0 Å². The lowest BCUT2D eigenvalue weighted by molar-refractivity contribution is 0.0698. The Hall–Kier alpha value is -0.910. The first-order chi connectivity index (χ1) is 10.8. The molecule has 1 amide bonds. The zero-order chi connectivity index (χ0) is 14.9. The fourth-order valence-electron chi connectivity index (χ4n) is 3.39. The zero-order valence-electron chi connectivity index (χ0n) is 12.8. The van der Waals surface area contributed by atoms with Crippen LogP contribution in [0.3, 0.4) is 0 Å². The van der Waals surface area contributed by atoms with Crippen molar-refractivity contribution in [3.8, 4) is 0 Å². The van der Waals surface area contributed by atoms with Crippen LogP contribution in [0, 0.1) is 0 Å². The maximum atomic E-state index is 12.3. The van der Waals surface area contributed by atoms with Crippen LogP contribution < -0.4 is 10.6 Å². The number of hydrogen-bond donors (Lipinski definition) is 2. The molecule has 2 heterocycles. The molecule has 2 atom stereocenters. The summed E-state index contributed by atoms with van der Waals surface area (Å²) in [7, 11) is 0. The van der Waals surface area contributed by atoms with E-state index >= 15 is 0 Å². The van der Waals surface area contributed by atoms with Crippen LogP contribution >= 0.6 is 11.3 Å². The Balaban J connectivity index is 1.30. The van der Waals surface area contributed by atoms with Crippen molar-refractivity contribution in [1.29, 1.82) is 0 Å². The van der Waals surface area contributed by atoms with Crippen molar-refractivity contribution in [3.05, 3.63) is 21.9 Å². The summed E-state index contributed by atoms with van der Waals surface area (Å²) in [5.74, 6) is 0.716. The SMILES string of the molecule is O=C(NC1CCOCC1)c1cc([C@@H]2CC2NC2CCC2)cs1. The molecule has 3 fully saturated rings. The van der Waals surface area contributed by atoms with Crippen molar-refractivity contribution in [2.45, 2.75) is 62.6 Å². The van der Waals surface area contributed by atoms with Gasteiger partial charge in [0.15, 0.2) is 0 Å². The molecule has 0 bridgehead atoms. The van der Waals surface area contributed by atoms with Crippen molar-refractivity contribution in [2.75, 3.05) is 13.2 Å². The van der Waals surface area contributed by atoms with E-state index in [-0.39, 0.29) is 11.9 Å². The minimum Gasteiger partial charge on any atom is -0.381 e. The van der Waals surface area contributed by atoms with E-state index in [0.29, 0.717) is 12.0 Å². The van der Waals surface area contributed by atoms with E-state index < -0.39 is 0 Å². The first kappa shape index (κ1) is 14.7. The number of carbonyl (C=O) groups is 1. The number of thiophene rings is 1. The third-order valence-electron chi connectivity index (χ3n) is 5.17. The van der Waals surface area contributed by atoms with E-state index in [2.05, 4.69) is 22.1 Å². The minimum absolute atomic E-state index is 0.0901. The van der Waals surface area contributed by atoms with Gasteiger partial charge in [-0.2, -0.15) is 0 Å². The van der Waals surface area contributed by atoms with Crippen LogP contribution in [-0.4, -0.2) is 37.2 Å². The number of hydrogen-bond acceptors (Lipinski definition) is 4. The van der Waals surface area contributed by atoms with Gasteiger partial charge < -0.3 is 15.4 Å². The molecule has 2 saturated carbocycles. The first-order valence-electron chi connectivity index (χ1n) is 8.52. The molecule has 2 aliphatic carbocycles. The van der Waals surface area contributed by atoms with Gasteiger partial charge in [-0.1, -0.05) is 6.42 Å². The predicted octanol–water partition coefficient (Wildman–Crippen LogP) is 2.65. The van der Waals surface area contributed by atoms with Gasteiger partial charge in [0.2, 0.25) is 0 Å². The first-order valence-corrected chi connectivity index (χ1v) is 9.40. The van der Waals surface area contributed by atoms with Gasteiger partial charge in [0.25, 0.3) is 5.91 Å². The lowest BCUT2D eigenvalue weighted by Crippen LogP contribution is -2.38. The number of amides is 1. The fraction of sp³-hybridized carbons (Fsp3) is 0.706. The second-order valence-corrected chi connectivity index (χ2v) is 7.76. The number of carbonyl (C=O) groups excluding carboxylic acids is 1. The third kappa shape index (κ3) is 3.21. The van der Waals surface area contributed by atoms with Crippen LogP contribution in [0.1, 0.15) is 59.7 Å². The van der Waals surface area contributed by atoms with Crippen molar-refractivity contribution >= 4 is 17.2 Å². The Morgan fingerprint density at radius 2 is 2.00 bits per heavy atom. The molecule has 0 radical (unpaired) electrons. The van der Waals surface area contributed by atoms with E-state index in [1.165, 1.54) is 31.2 Å². The van der Waals surface area contributed by atoms with Gasteiger partial charge in [-0.3, -0.25) is 4.79 Å². The number of rotatable bonds is 5. The van der Waals surface area contributed by atoms with Gasteiger partial charge in [0.05, 0.1) is 4.88 Å². The molecule has 1 unspecified atom stereocenters. The molecule has 5 heteroatoms. The Bertz CT molecular complexity index is 535. The molecule has 2 N–H and O–H groups in total. The molecule has 4 nitrogen and oxygen atoms in total. The summed E-state index contributed by atoms with van der Waals surface area (Å²) in [5.41, 5.74) is 1.35. The molecule has 0 spiro atoms. The van der Waals surface area contributed by atoms with Crippen LogP contribution in [0.5, 0.6) is 0 Å². The van der Waals surface area contributed by atoms with E-state index in [4.69, 9.17) is 4.74 Å². The van der Waals surface area contributed by atoms with Gasteiger partial charge >= 0.3 is 0 Å². The summed E-state index contributed by atoms with van der Waals surface area (Å²) >= 11 is 1.58. The summed E-state index contributed by atoms with van der Waals surface area (Å²) in [6, 6.07) is 3.78. The van der Waals surface area contributed by atoms with E-state index in [1.54, 1.807) is 11.3 Å². The second kappa shape index (κ2) is 6.30. The normalized spacial score (nSPS) is 29.1. The Kier molecular flexibility index (Phi) is 4.20. The van der Waals surface area contributed by atoms with Gasteiger partial charge in [0, 0.05) is 37.3 Å².